The lowest BCUT2D eigenvalue weighted by atomic mass is 10.0. The minimum Gasteiger partial charge on any atom is -0.369 e. The van der Waals surface area contributed by atoms with Gasteiger partial charge in [0.25, 0.3) is 0 Å². The minimum absolute atomic E-state index is 0.0754. The fourth-order valence-electron chi connectivity index (χ4n) is 3.92. The number of fused-ring (bicyclic) bond motifs is 1. The van der Waals surface area contributed by atoms with Crippen LogP contribution < -0.4 is 10.6 Å². The molecule has 3 heterocycles. The molecule has 0 radical (unpaired) electrons. The molecule has 1 saturated carbocycles. The Hall–Kier alpha value is -1.92. The summed E-state index contributed by atoms with van der Waals surface area (Å²) in [5, 5.41) is 0. The molecule has 17 nitrogen and oxygen atoms in total. The number of ether oxygens (including phenoxy) is 1. The molecular formula is C17H25N6O11P3. The highest BCUT2D eigenvalue weighted by molar-refractivity contribution is 7.66. The van der Waals surface area contributed by atoms with Gasteiger partial charge in [-0.05, 0) is 19.3 Å². The van der Waals surface area contributed by atoms with Crippen LogP contribution in [0.3, 0.4) is 0 Å². The van der Waals surface area contributed by atoms with Crippen LogP contribution in [0.2, 0.25) is 0 Å². The van der Waals surface area contributed by atoms with E-state index in [-0.39, 0.29) is 18.9 Å². The summed E-state index contributed by atoms with van der Waals surface area (Å²) in [6.07, 6.45) is 8.09. The van der Waals surface area contributed by atoms with Crippen molar-refractivity contribution in [2.45, 2.75) is 44.1 Å². The zero-order chi connectivity index (χ0) is 27.2. The fourth-order valence-corrected chi connectivity index (χ4v) is 6.97. The molecule has 4 rings (SSSR count). The maximum absolute atomic E-state index is 12.0. The highest BCUT2D eigenvalue weighted by Gasteiger charge is 2.42. The molecule has 0 bridgehead atoms. The first-order chi connectivity index (χ1) is 17.2. The third-order valence-electron chi connectivity index (χ3n) is 5.65. The molecule has 1 aliphatic carbocycles. The normalized spacial score (nSPS) is 25.5. The highest BCUT2D eigenvalue weighted by atomic mass is 31.3. The molecule has 2 unspecified atom stereocenters. The first kappa shape index (κ1) is 28.1. The number of anilines is 2. The summed E-state index contributed by atoms with van der Waals surface area (Å²) < 4.78 is 53.8. The SMILES string of the molecule is C#C[C@H]1C[C@@H](COP(=O)(O)OP(=O)(O)OP(=O)(O)O)O[C@H]1Cn1cnc2c(N(C)C3CC3)nc(N)nc21. The van der Waals surface area contributed by atoms with Crippen molar-refractivity contribution < 1.29 is 51.2 Å². The second-order valence-electron chi connectivity index (χ2n) is 8.51. The summed E-state index contributed by atoms with van der Waals surface area (Å²) in [6.45, 7) is -0.380. The largest absolute Gasteiger partial charge is 0.490 e. The summed E-state index contributed by atoms with van der Waals surface area (Å²) in [6, 6.07) is 0.363. The molecule has 20 heteroatoms. The average molecular weight is 582 g/mol. The van der Waals surface area contributed by atoms with Gasteiger partial charge in [0, 0.05) is 13.1 Å². The third kappa shape index (κ3) is 7.14. The molecule has 5 atom stereocenters. The Balaban J connectivity index is 1.42. The topological polar surface area (TPSA) is 242 Å². The fraction of sp³-hybridized carbons (Fsp3) is 0.588. The Morgan fingerprint density at radius 1 is 1.22 bits per heavy atom. The molecule has 0 spiro atoms. The van der Waals surface area contributed by atoms with Crippen LogP contribution in [0.25, 0.3) is 11.2 Å². The number of nitrogens with zero attached hydrogens (tertiary/aromatic N) is 5. The van der Waals surface area contributed by atoms with E-state index >= 15 is 0 Å². The van der Waals surface area contributed by atoms with Gasteiger partial charge in [0.1, 0.15) is 0 Å². The molecule has 37 heavy (non-hydrogen) atoms. The van der Waals surface area contributed by atoms with Crippen molar-refractivity contribution in [3.05, 3.63) is 6.33 Å². The lowest BCUT2D eigenvalue weighted by molar-refractivity contribution is 0.00102. The number of nitrogens with two attached hydrogens (primary N) is 1. The van der Waals surface area contributed by atoms with Crippen molar-refractivity contribution in [1.29, 1.82) is 0 Å². The highest BCUT2D eigenvalue weighted by Crippen LogP contribution is 2.66. The van der Waals surface area contributed by atoms with Gasteiger partial charge < -0.3 is 39.5 Å². The summed E-state index contributed by atoms with van der Waals surface area (Å²) in [5.41, 5.74) is 6.97. The standard InChI is InChI=1S/C17H25N6O11P3/c1-3-10-6-12(8-31-36(27,28)34-37(29,30)33-35(24,25)26)32-13(10)7-23-9-19-14-15(22(2)11-4-5-11)20-17(18)21-16(14)23/h1,9-13H,4-8H2,2H3,(H,27,28)(H,29,30)(H2,18,20,21)(H2,24,25,26)/t10-,12-,13-/m0/s1. The van der Waals surface area contributed by atoms with E-state index in [1.807, 2.05) is 11.9 Å². The number of rotatable bonds is 11. The molecule has 2 aromatic rings. The Bertz CT molecular complexity index is 1350. The molecule has 2 aromatic heterocycles. The van der Waals surface area contributed by atoms with Crippen LogP contribution >= 0.6 is 23.5 Å². The number of phosphoric acid groups is 3. The first-order valence-electron chi connectivity index (χ1n) is 10.8. The van der Waals surface area contributed by atoms with Crippen LogP contribution in [0.1, 0.15) is 19.3 Å². The molecule has 0 amide bonds. The van der Waals surface area contributed by atoms with E-state index in [4.69, 9.17) is 26.7 Å². The van der Waals surface area contributed by atoms with Crippen LogP contribution in [0, 0.1) is 18.3 Å². The van der Waals surface area contributed by atoms with Crippen LogP contribution in [0.5, 0.6) is 0 Å². The summed E-state index contributed by atoms with van der Waals surface area (Å²) in [4.78, 5) is 51.2. The second-order valence-corrected chi connectivity index (χ2v) is 12.9. The Kier molecular flexibility index (Phi) is 7.85. The molecule has 6 N–H and O–H groups in total. The predicted molar refractivity (Wildman–Crippen MR) is 127 cm³/mol. The van der Waals surface area contributed by atoms with E-state index < -0.39 is 48.2 Å². The second kappa shape index (κ2) is 10.3. The van der Waals surface area contributed by atoms with Gasteiger partial charge in [-0.3, -0.25) is 4.52 Å². The van der Waals surface area contributed by atoms with E-state index in [1.54, 1.807) is 10.9 Å². The average Bonchev–Trinajstić information content (AvgIpc) is 3.42. The van der Waals surface area contributed by atoms with Gasteiger partial charge in [-0.2, -0.15) is 18.6 Å². The number of phosphoric ester groups is 1. The molecule has 204 valence electrons. The zero-order valence-electron chi connectivity index (χ0n) is 19.3. The number of hydrogen-bond donors (Lipinski definition) is 5. The van der Waals surface area contributed by atoms with E-state index in [9.17, 15) is 23.5 Å². The molecular weight excluding hydrogens is 557 g/mol. The Morgan fingerprint density at radius 3 is 2.54 bits per heavy atom. The van der Waals surface area contributed by atoms with E-state index in [0.29, 0.717) is 23.0 Å². The third-order valence-corrected chi connectivity index (χ3v) is 9.46. The van der Waals surface area contributed by atoms with E-state index in [0.717, 1.165) is 12.8 Å². The Morgan fingerprint density at radius 2 is 1.92 bits per heavy atom. The van der Waals surface area contributed by atoms with Gasteiger partial charge in [-0.1, -0.05) is 0 Å². The Labute approximate surface area is 210 Å². The van der Waals surface area contributed by atoms with E-state index in [1.165, 1.54) is 0 Å². The maximum Gasteiger partial charge on any atom is 0.490 e. The van der Waals surface area contributed by atoms with Gasteiger partial charge in [0.05, 0.1) is 37.6 Å². The number of nitrogen functional groups attached to an aromatic ring is 1. The number of imidazole rings is 1. The van der Waals surface area contributed by atoms with Gasteiger partial charge in [0.15, 0.2) is 17.0 Å². The van der Waals surface area contributed by atoms with Crippen LogP contribution in [0.4, 0.5) is 11.8 Å². The lowest BCUT2D eigenvalue weighted by Gasteiger charge is -2.19. The lowest BCUT2D eigenvalue weighted by Crippen LogP contribution is -2.24. The molecule has 1 aliphatic heterocycles. The first-order valence-corrected chi connectivity index (χ1v) is 15.3. The predicted octanol–water partition coefficient (Wildman–Crippen LogP) is 0.757. The van der Waals surface area contributed by atoms with Gasteiger partial charge in [-0.15, -0.1) is 12.3 Å². The number of aromatic nitrogens is 4. The molecule has 2 fully saturated rings. The molecule has 1 saturated heterocycles. The summed E-state index contributed by atoms with van der Waals surface area (Å²) in [7, 11) is -14.5. The number of hydrogen-bond acceptors (Lipinski definition) is 12. The van der Waals surface area contributed by atoms with Gasteiger partial charge in [-0.25, -0.2) is 18.7 Å². The number of terminal acetylenes is 1. The summed E-state index contributed by atoms with van der Waals surface area (Å²) >= 11 is 0. The smallest absolute Gasteiger partial charge is 0.369 e. The molecule has 2 aliphatic rings. The zero-order valence-corrected chi connectivity index (χ0v) is 22.0. The van der Waals surface area contributed by atoms with Crippen LogP contribution in [-0.2, 0) is 38.1 Å². The van der Waals surface area contributed by atoms with Crippen LogP contribution in [-0.4, -0.2) is 71.0 Å². The molecule has 0 aromatic carbocycles. The quantitative estimate of drug-likeness (QED) is 0.181. The summed E-state index contributed by atoms with van der Waals surface area (Å²) in [5.74, 6) is 2.84. The minimum atomic E-state index is -5.62. The van der Waals surface area contributed by atoms with Crippen molar-refractivity contribution in [3.63, 3.8) is 0 Å². The monoisotopic (exact) mass is 582 g/mol. The van der Waals surface area contributed by atoms with Crippen molar-refractivity contribution in [3.8, 4) is 12.3 Å². The van der Waals surface area contributed by atoms with Gasteiger partial charge >= 0.3 is 23.5 Å². The van der Waals surface area contributed by atoms with Gasteiger partial charge in [0.2, 0.25) is 5.95 Å². The van der Waals surface area contributed by atoms with Crippen molar-refractivity contribution in [2.75, 3.05) is 24.3 Å². The maximum atomic E-state index is 12.0. The van der Waals surface area contributed by atoms with Crippen molar-refractivity contribution in [2.24, 2.45) is 5.92 Å². The van der Waals surface area contributed by atoms with E-state index in [2.05, 4.69) is 34.0 Å². The van der Waals surface area contributed by atoms with Crippen molar-refractivity contribution in [1.82, 2.24) is 19.5 Å². The van der Waals surface area contributed by atoms with Crippen molar-refractivity contribution >= 4 is 46.4 Å². The van der Waals surface area contributed by atoms with Crippen LogP contribution in [0.15, 0.2) is 6.33 Å².